The molecule has 0 spiro atoms. The molecule has 5 rings (SSSR count). The largest absolute Gasteiger partial charge is 0.492 e. The SMILES string of the molecule is OC[C@H]1O[C@@H](n2cnc3c(O)nc(-n4cc(-c5ccc(F)cc5)nn4)nc32)[C@H](O)[C@@H]1O. The minimum Gasteiger partial charge on any atom is -0.492 e. The number of hydrogen-bond acceptors (Lipinski definition) is 10. The Labute approximate surface area is 172 Å². The van der Waals surface area contributed by atoms with Crippen molar-refractivity contribution in [3.05, 3.63) is 42.6 Å². The fourth-order valence-electron chi connectivity index (χ4n) is 3.40. The van der Waals surface area contributed by atoms with Crippen molar-refractivity contribution in [2.24, 2.45) is 0 Å². The Morgan fingerprint density at radius 3 is 2.58 bits per heavy atom. The van der Waals surface area contributed by atoms with Crippen molar-refractivity contribution in [2.45, 2.75) is 24.5 Å². The van der Waals surface area contributed by atoms with Gasteiger partial charge in [0.15, 0.2) is 17.4 Å². The second-order valence-corrected chi connectivity index (χ2v) is 6.96. The Hall–Kier alpha value is -3.52. The molecule has 4 heterocycles. The number of fused-ring (bicyclic) bond motifs is 1. The number of rotatable bonds is 4. The van der Waals surface area contributed by atoms with Gasteiger partial charge in [-0.15, -0.1) is 5.10 Å². The van der Waals surface area contributed by atoms with E-state index in [1.807, 2.05) is 0 Å². The van der Waals surface area contributed by atoms with Crippen LogP contribution in [0.4, 0.5) is 4.39 Å². The van der Waals surface area contributed by atoms with Crippen LogP contribution in [0.3, 0.4) is 0 Å². The molecule has 1 aliphatic rings. The topological polar surface area (TPSA) is 164 Å². The van der Waals surface area contributed by atoms with Crippen LogP contribution < -0.4 is 0 Å². The van der Waals surface area contributed by atoms with Crippen molar-refractivity contribution >= 4 is 11.2 Å². The van der Waals surface area contributed by atoms with Gasteiger partial charge in [-0.1, -0.05) is 5.21 Å². The fourth-order valence-corrected chi connectivity index (χ4v) is 3.40. The molecule has 0 aliphatic carbocycles. The molecule has 13 heteroatoms. The van der Waals surface area contributed by atoms with Gasteiger partial charge >= 0.3 is 0 Å². The maximum absolute atomic E-state index is 13.1. The lowest BCUT2D eigenvalue weighted by Gasteiger charge is -2.16. The fraction of sp³-hybridized carbons (Fsp3) is 0.278. The smallest absolute Gasteiger partial charge is 0.257 e. The highest BCUT2D eigenvalue weighted by Crippen LogP contribution is 2.32. The lowest BCUT2D eigenvalue weighted by atomic mass is 10.1. The summed E-state index contributed by atoms with van der Waals surface area (Å²) in [7, 11) is 0. The maximum atomic E-state index is 13.1. The Kier molecular flexibility index (Phi) is 4.59. The molecule has 4 N–H and O–H groups in total. The van der Waals surface area contributed by atoms with Crippen LogP contribution in [0.2, 0.25) is 0 Å². The van der Waals surface area contributed by atoms with Gasteiger partial charge in [0.1, 0.15) is 29.8 Å². The van der Waals surface area contributed by atoms with Gasteiger partial charge in [-0.05, 0) is 24.3 Å². The molecule has 0 radical (unpaired) electrons. The van der Waals surface area contributed by atoms with Crippen molar-refractivity contribution in [2.75, 3.05) is 6.61 Å². The highest BCUT2D eigenvalue weighted by Gasteiger charge is 2.44. The zero-order valence-electron chi connectivity index (χ0n) is 15.7. The molecule has 1 aromatic carbocycles. The number of benzene rings is 1. The van der Waals surface area contributed by atoms with E-state index in [1.54, 1.807) is 12.1 Å². The summed E-state index contributed by atoms with van der Waals surface area (Å²) in [6, 6.07) is 5.68. The number of aliphatic hydroxyl groups excluding tert-OH is 3. The predicted octanol–water partition coefficient (Wildman–Crippen LogP) is -0.470. The molecule has 1 saturated heterocycles. The minimum absolute atomic E-state index is 0.0420. The first-order valence-electron chi connectivity index (χ1n) is 9.21. The molecule has 4 atom stereocenters. The van der Waals surface area contributed by atoms with Crippen LogP contribution >= 0.6 is 0 Å². The van der Waals surface area contributed by atoms with E-state index >= 15 is 0 Å². The molecule has 0 bridgehead atoms. The van der Waals surface area contributed by atoms with Crippen LogP contribution in [0, 0.1) is 5.82 Å². The normalized spacial score (nSPS) is 23.6. The van der Waals surface area contributed by atoms with E-state index in [2.05, 4.69) is 25.3 Å². The molecular weight excluding hydrogens is 413 g/mol. The summed E-state index contributed by atoms with van der Waals surface area (Å²) < 4.78 is 21.2. The van der Waals surface area contributed by atoms with E-state index in [-0.39, 0.29) is 22.9 Å². The quantitative estimate of drug-likeness (QED) is 0.333. The third kappa shape index (κ3) is 3.19. The Bertz CT molecular complexity index is 1240. The van der Waals surface area contributed by atoms with Gasteiger partial charge in [0, 0.05) is 5.56 Å². The van der Waals surface area contributed by atoms with Gasteiger partial charge in [-0.25, -0.2) is 9.37 Å². The molecular formula is C18H16FN7O5. The number of hydrogen-bond donors (Lipinski definition) is 4. The van der Waals surface area contributed by atoms with E-state index in [9.17, 15) is 24.8 Å². The highest BCUT2D eigenvalue weighted by atomic mass is 19.1. The first kappa shape index (κ1) is 19.4. The summed E-state index contributed by atoms with van der Waals surface area (Å²) in [6.45, 7) is -0.488. The summed E-state index contributed by atoms with van der Waals surface area (Å²) >= 11 is 0. The third-order valence-corrected chi connectivity index (χ3v) is 5.02. The number of imidazole rings is 1. The van der Waals surface area contributed by atoms with Gasteiger partial charge < -0.3 is 25.2 Å². The average Bonchev–Trinajstić information content (AvgIpc) is 3.48. The van der Waals surface area contributed by atoms with E-state index < -0.39 is 37.0 Å². The van der Waals surface area contributed by atoms with Crippen LogP contribution in [0.5, 0.6) is 5.88 Å². The van der Waals surface area contributed by atoms with E-state index in [1.165, 1.54) is 33.9 Å². The molecule has 0 unspecified atom stereocenters. The highest BCUT2D eigenvalue weighted by molar-refractivity contribution is 5.76. The lowest BCUT2D eigenvalue weighted by molar-refractivity contribution is -0.0511. The van der Waals surface area contributed by atoms with E-state index in [0.29, 0.717) is 11.3 Å². The zero-order valence-corrected chi connectivity index (χ0v) is 15.7. The Morgan fingerprint density at radius 1 is 1.10 bits per heavy atom. The van der Waals surface area contributed by atoms with Gasteiger partial charge in [0.2, 0.25) is 5.88 Å². The minimum atomic E-state index is -1.36. The van der Waals surface area contributed by atoms with Crippen molar-refractivity contribution in [1.82, 2.24) is 34.5 Å². The number of halogens is 1. The molecule has 0 saturated carbocycles. The average molecular weight is 429 g/mol. The number of aromatic hydroxyl groups is 1. The second-order valence-electron chi connectivity index (χ2n) is 6.96. The lowest BCUT2D eigenvalue weighted by Crippen LogP contribution is -2.33. The van der Waals surface area contributed by atoms with Crippen LogP contribution in [0.15, 0.2) is 36.8 Å². The summed E-state index contributed by atoms with van der Waals surface area (Å²) in [6.07, 6.45) is -1.97. The molecule has 4 aromatic rings. The van der Waals surface area contributed by atoms with Crippen LogP contribution in [-0.4, -0.2) is 79.9 Å². The van der Waals surface area contributed by atoms with Crippen LogP contribution in [0.1, 0.15) is 6.23 Å². The molecule has 160 valence electrons. The monoisotopic (exact) mass is 429 g/mol. The predicted molar refractivity (Wildman–Crippen MR) is 100 cm³/mol. The molecule has 31 heavy (non-hydrogen) atoms. The van der Waals surface area contributed by atoms with Crippen molar-refractivity contribution in [3.63, 3.8) is 0 Å². The van der Waals surface area contributed by atoms with Gasteiger partial charge in [0.05, 0.1) is 19.1 Å². The standard InChI is InChI=1S/C18H16FN7O5/c19-9-3-1-8(2-4-9)10-5-26(24-23-10)18-21-15-12(16(30)22-18)20-7-25(15)17-14(29)13(28)11(6-27)31-17/h1-5,7,11,13-14,17,27-29H,6H2,(H,21,22,30)/t11-,13-,14-,17-/m1/s1. The third-order valence-electron chi connectivity index (χ3n) is 5.02. The summed E-state index contributed by atoms with van der Waals surface area (Å²) in [5.41, 5.74) is 1.20. The van der Waals surface area contributed by atoms with Gasteiger partial charge in [-0.3, -0.25) is 4.57 Å². The van der Waals surface area contributed by atoms with Crippen molar-refractivity contribution < 1.29 is 29.6 Å². The molecule has 1 fully saturated rings. The first-order chi connectivity index (χ1) is 15.0. The van der Waals surface area contributed by atoms with E-state index in [0.717, 1.165) is 0 Å². The van der Waals surface area contributed by atoms with Crippen LogP contribution in [-0.2, 0) is 4.74 Å². The maximum Gasteiger partial charge on any atom is 0.257 e. The summed E-state index contributed by atoms with van der Waals surface area (Å²) in [5, 5.41) is 47.9. The first-order valence-corrected chi connectivity index (χ1v) is 9.21. The van der Waals surface area contributed by atoms with Crippen molar-refractivity contribution in [3.8, 4) is 23.1 Å². The number of aromatic nitrogens is 7. The van der Waals surface area contributed by atoms with Crippen molar-refractivity contribution in [1.29, 1.82) is 0 Å². The molecule has 12 nitrogen and oxygen atoms in total. The molecule has 3 aromatic heterocycles. The second kappa shape index (κ2) is 7.31. The van der Waals surface area contributed by atoms with Gasteiger partial charge in [-0.2, -0.15) is 14.6 Å². The van der Waals surface area contributed by atoms with Crippen LogP contribution in [0.25, 0.3) is 28.4 Å². The Morgan fingerprint density at radius 2 is 1.87 bits per heavy atom. The van der Waals surface area contributed by atoms with E-state index in [4.69, 9.17) is 4.74 Å². The van der Waals surface area contributed by atoms with Gasteiger partial charge in [0.25, 0.3) is 5.95 Å². The Balaban J connectivity index is 1.54. The summed E-state index contributed by atoms with van der Waals surface area (Å²) in [4.78, 5) is 12.4. The number of aliphatic hydroxyl groups is 3. The number of nitrogens with zero attached hydrogens (tertiary/aromatic N) is 7. The summed E-state index contributed by atoms with van der Waals surface area (Å²) in [5.74, 6) is -0.864. The zero-order chi connectivity index (χ0) is 21.7. The number of ether oxygens (including phenoxy) is 1. The molecule has 1 aliphatic heterocycles. The molecule has 0 amide bonds.